The van der Waals surface area contributed by atoms with Crippen molar-refractivity contribution in [2.24, 2.45) is 5.92 Å². The summed E-state index contributed by atoms with van der Waals surface area (Å²) in [5.74, 6) is 0.574. The van der Waals surface area contributed by atoms with E-state index in [2.05, 4.69) is 25.6 Å². The molecular weight excluding hydrogens is 344 g/mol. The van der Waals surface area contributed by atoms with E-state index < -0.39 is 0 Å². The van der Waals surface area contributed by atoms with Gasteiger partial charge in [0.1, 0.15) is 5.69 Å². The first-order chi connectivity index (χ1) is 12.8. The highest BCUT2D eigenvalue weighted by molar-refractivity contribution is 7.13. The third-order valence-electron chi connectivity index (χ3n) is 5.62. The molecule has 0 spiro atoms. The van der Waals surface area contributed by atoms with Crippen LogP contribution < -0.4 is 5.32 Å². The van der Waals surface area contributed by atoms with Crippen LogP contribution in [0.25, 0.3) is 21.3 Å². The largest absolute Gasteiger partial charge is 0.346 e. The van der Waals surface area contributed by atoms with Crippen molar-refractivity contribution in [3.63, 3.8) is 0 Å². The summed E-state index contributed by atoms with van der Waals surface area (Å²) in [5, 5.41) is 4.17. The Morgan fingerprint density at radius 2 is 2.08 bits per heavy atom. The molecule has 2 bridgehead atoms. The lowest BCUT2D eigenvalue weighted by molar-refractivity contribution is 0.0619. The van der Waals surface area contributed by atoms with Crippen LogP contribution >= 0.6 is 11.5 Å². The summed E-state index contributed by atoms with van der Waals surface area (Å²) >= 11 is 1.38. The van der Waals surface area contributed by atoms with Gasteiger partial charge in [-0.25, -0.2) is 0 Å². The Hall–Kier alpha value is -2.31. The van der Waals surface area contributed by atoms with Crippen molar-refractivity contribution in [3.8, 4) is 11.3 Å². The first-order valence-electron chi connectivity index (χ1n) is 9.12. The molecule has 2 aromatic heterocycles. The van der Waals surface area contributed by atoms with Crippen LogP contribution in [0.5, 0.6) is 0 Å². The van der Waals surface area contributed by atoms with Crippen molar-refractivity contribution in [3.05, 3.63) is 48.3 Å². The molecule has 1 amide bonds. The average molecular weight is 364 g/mol. The SMILES string of the molecule is O=C(N[C@@H]1CN2CCC1CC2)c1nsc2cc(-c3ccccn3)ccc12. The maximum absolute atomic E-state index is 12.8. The fourth-order valence-corrected chi connectivity index (χ4v) is 4.97. The fraction of sp³-hybridized carbons (Fsp3) is 0.350. The van der Waals surface area contributed by atoms with Gasteiger partial charge in [0.15, 0.2) is 0 Å². The van der Waals surface area contributed by atoms with E-state index in [-0.39, 0.29) is 11.9 Å². The van der Waals surface area contributed by atoms with E-state index in [1.807, 2.05) is 30.3 Å². The van der Waals surface area contributed by atoms with Gasteiger partial charge in [-0.15, -0.1) is 0 Å². The minimum atomic E-state index is -0.0411. The summed E-state index contributed by atoms with van der Waals surface area (Å²) in [6.07, 6.45) is 4.17. The number of nitrogens with zero attached hydrogens (tertiary/aromatic N) is 3. The summed E-state index contributed by atoms with van der Waals surface area (Å²) in [6, 6.07) is 12.2. The zero-order valence-electron chi connectivity index (χ0n) is 14.4. The molecule has 3 saturated heterocycles. The number of pyridine rings is 1. The van der Waals surface area contributed by atoms with Crippen LogP contribution in [-0.2, 0) is 0 Å². The predicted molar refractivity (Wildman–Crippen MR) is 103 cm³/mol. The molecular formula is C20H20N4OS. The molecule has 3 aliphatic rings. The third-order valence-corrected chi connectivity index (χ3v) is 6.43. The monoisotopic (exact) mass is 364 g/mol. The van der Waals surface area contributed by atoms with Crippen LogP contribution in [-0.4, -0.2) is 45.8 Å². The summed E-state index contributed by atoms with van der Waals surface area (Å²) < 4.78 is 5.47. The standard InChI is InChI=1S/C20H20N4OS/c25-20(22-17-12-24-9-6-13(17)7-10-24)19-15-5-4-14(11-18(15)26-23-19)16-3-1-2-8-21-16/h1-5,8,11,13,17H,6-7,9-10,12H2,(H,22,25)/t17-/m1/s1. The molecule has 3 fully saturated rings. The minimum Gasteiger partial charge on any atom is -0.346 e. The first kappa shape index (κ1) is 15.9. The number of hydrogen-bond donors (Lipinski definition) is 1. The highest BCUT2D eigenvalue weighted by Crippen LogP contribution is 2.30. The number of carbonyl (C=O) groups is 1. The molecule has 5 heterocycles. The lowest BCUT2D eigenvalue weighted by Crippen LogP contribution is -2.57. The third kappa shape index (κ3) is 2.79. The second kappa shape index (κ2) is 6.45. The van der Waals surface area contributed by atoms with Crippen LogP contribution in [0.15, 0.2) is 42.6 Å². The summed E-state index contributed by atoms with van der Waals surface area (Å²) in [5.41, 5.74) is 2.53. The second-order valence-corrected chi connectivity index (χ2v) is 7.98. The molecule has 3 aliphatic heterocycles. The van der Waals surface area contributed by atoms with Gasteiger partial charge >= 0.3 is 0 Å². The van der Waals surface area contributed by atoms with Gasteiger partial charge in [-0.05, 0) is 61.6 Å². The molecule has 3 aromatic rings. The second-order valence-electron chi connectivity index (χ2n) is 7.18. The van der Waals surface area contributed by atoms with E-state index in [1.165, 1.54) is 37.5 Å². The maximum Gasteiger partial charge on any atom is 0.271 e. The van der Waals surface area contributed by atoms with Crippen molar-refractivity contribution in [1.29, 1.82) is 0 Å². The van der Waals surface area contributed by atoms with Gasteiger partial charge in [0.2, 0.25) is 0 Å². The molecule has 26 heavy (non-hydrogen) atoms. The molecule has 0 unspecified atom stereocenters. The molecule has 6 heteroatoms. The first-order valence-corrected chi connectivity index (χ1v) is 9.89. The van der Waals surface area contributed by atoms with E-state index in [9.17, 15) is 4.79 Å². The van der Waals surface area contributed by atoms with Crippen molar-refractivity contribution in [2.75, 3.05) is 19.6 Å². The van der Waals surface area contributed by atoms with E-state index in [4.69, 9.17) is 0 Å². The summed E-state index contributed by atoms with van der Waals surface area (Å²) in [6.45, 7) is 3.32. The zero-order chi connectivity index (χ0) is 17.5. The highest BCUT2D eigenvalue weighted by Gasteiger charge is 2.35. The van der Waals surface area contributed by atoms with Gasteiger partial charge in [0.25, 0.3) is 5.91 Å². The average Bonchev–Trinajstić information content (AvgIpc) is 3.13. The van der Waals surface area contributed by atoms with Crippen LogP contribution in [0, 0.1) is 5.92 Å². The van der Waals surface area contributed by atoms with Crippen molar-refractivity contribution in [1.82, 2.24) is 19.6 Å². The lowest BCUT2D eigenvalue weighted by atomic mass is 9.84. The van der Waals surface area contributed by atoms with Gasteiger partial charge < -0.3 is 10.2 Å². The number of carbonyl (C=O) groups excluding carboxylic acids is 1. The number of amides is 1. The van der Waals surface area contributed by atoms with Gasteiger partial charge in [-0.1, -0.05) is 18.2 Å². The van der Waals surface area contributed by atoms with Gasteiger partial charge in [0.05, 0.1) is 10.4 Å². The van der Waals surface area contributed by atoms with Gasteiger partial charge in [-0.3, -0.25) is 9.78 Å². The molecule has 1 N–H and O–H groups in total. The number of rotatable bonds is 3. The Bertz CT molecular complexity index is 947. The van der Waals surface area contributed by atoms with E-state index in [0.717, 1.165) is 27.9 Å². The minimum absolute atomic E-state index is 0.0411. The number of hydrogen-bond acceptors (Lipinski definition) is 5. The van der Waals surface area contributed by atoms with Crippen LogP contribution in [0.2, 0.25) is 0 Å². The van der Waals surface area contributed by atoms with Crippen LogP contribution in [0.4, 0.5) is 0 Å². The van der Waals surface area contributed by atoms with Gasteiger partial charge in [-0.2, -0.15) is 4.37 Å². The van der Waals surface area contributed by atoms with Crippen molar-refractivity contribution < 1.29 is 4.79 Å². The topological polar surface area (TPSA) is 58.1 Å². The molecule has 132 valence electrons. The number of fused-ring (bicyclic) bond motifs is 4. The Kier molecular flexibility index (Phi) is 3.94. The zero-order valence-corrected chi connectivity index (χ0v) is 15.2. The number of piperidine rings is 3. The normalized spacial score (nSPS) is 24.7. The smallest absolute Gasteiger partial charge is 0.271 e. The molecule has 1 aromatic carbocycles. The molecule has 0 aliphatic carbocycles. The highest BCUT2D eigenvalue weighted by atomic mass is 32.1. The van der Waals surface area contributed by atoms with Crippen LogP contribution in [0.1, 0.15) is 23.3 Å². The van der Waals surface area contributed by atoms with Crippen molar-refractivity contribution >= 4 is 27.5 Å². The van der Waals surface area contributed by atoms with E-state index in [1.54, 1.807) is 6.20 Å². The summed E-state index contributed by atoms with van der Waals surface area (Å²) in [7, 11) is 0. The molecule has 6 rings (SSSR count). The molecule has 0 saturated carbocycles. The Morgan fingerprint density at radius 1 is 1.19 bits per heavy atom. The summed E-state index contributed by atoms with van der Waals surface area (Å²) in [4.78, 5) is 19.7. The molecule has 1 atom stereocenters. The van der Waals surface area contributed by atoms with Crippen molar-refractivity contribution in [2.45, 2.75) is 18.9 Å². The van der Waals surface area contributed by atoms with Crippen LogP contribution in [0.3, 0.4) is 0 Å². The van der Waals surface area contributed by atoms with E-state index >= 15 is 0 Å². The Labute approximate surface area is 156 Å². The molecule has 0 radical (unpaired) electrons. The number of benzene rings is 1. The quantitative estimate of drug-likeness (QED) is 0.775. The Balaban J connectivity index is 1.40. The molecule has 5 nitrogen and oxygen atoms in total. The predicted octanol–water partition coefficient (Wildman–Crippen LogP) is 3.18. The Morgan fingerprint density at radius 3 is 2.81 bits per heavy atom. The lowest BCUT2D eigenvalue weighted by Gasteiger charge is -2.44. The van der Waals surface area contributed by atoms with Gasteiger partial charge in [0, 0.05) is 29.7 Å². The number of aromatic nitrogens is 2. The van der Waals surface area contributed by atoms with E-state index in [0.29, 0.717) is 11.6 Å². The maximum atomic E-state index is 12.8. The fourth-order valence-electron chi connectivity index (χ4n) is 4.16. The number of nitrogens with one attached hydrogen (secondary N) is 1.